The molecule has 2 aliphatic rings. The van der Waals surface area contributed by atoms with Gasteiger partial charge in [-0.25, -0.2) is 0 Å². The lowest BCUT2D eigenvalue weighted by Gasteiger charge is -2.25. The maximum Gasteiger partial charge on any atom is 0.164 e. The Morgan fingerprint density at radius 3 is 2.50 bits per heavy atom. The average molecular weight is 287 g/mol. The first-order valence-electron chi connectivity index (χ1n) is 6.60. The van der Waals surface area contributed by atoms with Crippen LogP contribution in [0.5, 0.6) is 0 Å². The number of rotatable bonds is 4. The van der Waals surface area contributed by atoms with Crippen LogP contribution in [0.15, 0.2) is 5.11 Å². The molecule has 0 aliphatic carbocycles. The molecule has 2 aliphatic heterocycles. The highest BCUT2D eigenvalue weighted by molar-refractivity contribution is 4.94. The minimum atomic E-state index is -0.954. The first kappa shape index (κ1) is 15.5. The quantitative estimate of drug-likeness (QED) is 0.477. The molecular formula is C12H21N3O5. The Morgan fingerprint density at radius 2 is 1.95 bits per heavy atom. The molecule has 1 N–H and O–H groups in total. The molecule has 2 fully saturated rings. The van der Waals surface area contributed by atoms with Crippen molar-refractivity contribution in [3.8, 4) is 0 Å². The summed E-state index contributed by atoms with van der Waals surface area (Å²) >= 11 is 0. The number of azide groups is 1. The van der Waals surface area contributed by atoms with E-state index < -0.39 is 29.9 Å². The predicted molar refractivity (Wildman–Crippen MR) is 68.7 cm³/mol. The number of aliphatic hydroxyl groups excluding tert-OH is 1. The zero-order chi connectivity index (χ0) is 15.0. The molecule has 8 nitrogen and oxygen atoms in total. The van der Waals surface area contributed by atoms with Crippen LogP contribution in [0.3, 0.4) is 0 Å². The van der Waals surface area contributed by atoms with Gasteiger partial charge in [0.05, 0.1) is 19.3 Å². The van der Waals surface area contributed by atoms with Crippen molar-refractivity contribution in [1.82, 2.24) is 0 Å². The van der Waals surface area contributed by atoms with Crippen LogP contribution in [0.2, 0.25) is 0 Å². The van der Waals surface area contributed by atoms with Crippen molar-refractivity contribution in [2.24, 2.45) is 5.11 Å². The minimum Gasteiger partial charge on any atom is -0.390 e. The van der Waals surface area contributed by atoms with Crippen LogP contribution in [0.4, 0.5) is 0 Å². The molecule has 20 heavy (non-hydrogen) atoms. The summed E-state index contributed by atoms with van der Waals surface area (Å²) in [5.41, 5.74) is 8.34. The lowest BCUT2D eigenvalue weighted by atomic mass is 10.0. The van der Waals surface area contributed by atoms with Crippen molar-refractivity contribution in [1.29, 1.82) is 0 Å². The molecule has 0 radical (unpaired) electrons. The van der Waals surface area contributed by atoms with Gasteiger partial charge in [0.15, 0.2) is 11.6 Å². The van der Waals surface area contributed by atoms with Crippen LogP contribution >= 0.6 is 0 Å². The summed E-state index contributed by atoms with van der Waals surface area (Å²) in [7, 11) is 0. The third kappa shape index (κ3) is 3.41. The fourth-order valence-corrected chi connectivity index (χ4v) is 2.50. The van der Waals surface area contributed by atoms with E-state index in [1.807, 2.05) is 13.8 Å². The Labute approximate surface area is 117 Å². The fourth-order valence-electron chi connectivity index (χ4n) is 2.50. The highest BCUT2D eigenvalue weighted by Crippen LogP contribution is 2.36. The number of nitrogens with zero attached hydrogens (tertiary/aromatic N) is 3. The molecule has 0 spiro atoms. The van der Waals surface area contributed by atoms with Crippen molar-refractivity contribution < 1.29 is 24.1 Å². The van der Waals surface area contributed by atoms with E-state index in [1.54, 1.807) is 13.8 Å². The van der Waals surface area contributed by atoms with Gasteiger partial charge in [0.25, 0.3) is 0 Å². The van der Waals surface area contributed by atoms with Crippen molar-refractivity contribution >= 4 is 0 Å². The molecule has 0 amide bonds. The first-order chi connectivity index (χ1) is 9.24. The predicted octanol–water partition coefficient (Wildman–Crippen LogP) is 1.33. The third-order valence-electron chi connectivity index (χ3n) is 3.27. The molecule has 2 heterocycles. The molecule has 0 saturated carbocycles. The second-order valence-corrected chi connectivity index (χ2v) is 5.91. The van der Waals surface area contributed by atoms with Gasteiger partial charge in [-0.2, -0.15) is 0 Å². The Balaban J connectivity index is 2.10. The smallest absolute Gasteiger partial charge is 0.164 e. The van der Waals surface area contributed by atoms with Crippen LogP contribution in [-0.4, -0.2) is 54.2 Å². The summed E-state index contributed by atoms with van der Waals surface area (Å²) < 4.78 is 22.8. The maximum atomic E-state index is 10.1. The summed E-state index contributed by atoms with van der Waals surface area (Å²) in [6.45, 7) is 7.46. The van der Waals surface area contributed by atoms with Crippen molar-refractivity contribution in [3.63, 3.8) is 0 Å². The standard InChI is InChI=1S/C12H21N3O5/c1-11(2)17-6-8(18-11)10-9(7(16)5-14-15-13)19-12(3,4)20-10/h7-10,16H,5-6H2,1-4H3. The SMILES string of the molecule is CC1(C)OCC(C2OC(C)(C)OC2C(O)CN=[N+]=[N-])O1. The molecule has 0 aromatic heterocycles. The lowest BCUT2D eigenvalue weighted by Crippen LogP contribution is -2.45. The largest absolute Gasteiger partial charge is 0.390 e. The molecule has 4 atom stereocenters. The van der Waals surface area contributed by atoms with Crippen LogP contribution in [-0.2, 0) is 18.9 Å². The van der Waals surface area contributed by atoms with Gasteiger partial charge in [-0.15, -0.1) is 0 Å². The van der Waals surface area contributed by atoms with Crippen LogP contribution in [0.25, 0.3) is 10.4 Å². The van der Waals surface area contributed by atoms with E-state index in [1.165, 1.54) is 0 Å². The van der Waals surface area contributed by atoms with Gasteiger partial charge in [0, 0.05) is 4.91 Å². The number of hydrogen-bond donors (Lipinski definition) is 1. The second kappa shape index (κ2) is 5.48. The van der Waals surface area contributed by atoms with E-state index in [-0.39, 0.29) is 12.6 Å². The lowest BCUT2D eigenvalue weighted by molar-refractivity contribution is -0.175. The molecule has 2 rings (SSSR count). The van der Waals surface area contributed by atoms with E-state index in [4.69, 9.17) is 24.5 Å². The Hall–Kier alpha value is -0.890. The molecule has 0 aromatic rings. The van der Waals surface area contributed by atoms with E-state index in [2.05, 4.69) is 10.0 Å². The molecule has 0 aromatic carbocycles. The van der Waals surface area contributed by atoms with E-state index >= 15 is 0 Å². The van der Waals surface area contributed by atoms with Crippen LogP contribution in [0.1, 0.15) is 27.7 Å². The number of hydrogen-bond acceptors (Lipinski definition) is 6. The monoisotopic (exact) mass is 287 g/mol. The topological polar surface area (TPSA) is 106 Å². The molecular weight excluding hydrogens is 266 g/mol. The summed E-state index contributed by atoms with van der Waals surface area (Å²) in [4.78, 5) is 2.64. The Morgan fingerprint density at radius 1 is 1.25 bits per heavy atom. The van der Waals surface area contributed by atoms with Crippen molar-refractivity contribution in [2.75, 3.05) is 13.2 Å². The Bertz CT molecular complexity index is 408. The first-order valence-corrected chi connectivity index (χ1v) is 6.60. The summed E-state index contributed by atoms with van der Waals surface area (Å²) in [6.07, 6.45) is -2.39. The average Bonchev–Trinajstić information content (AvgIpc) is 2.85. The fraction of sp³-hybridized carbons (Fsp3) is 1.00. The van der Waals surface area contributed by atoms with Gasteiger partial charge in [0.2, 0.25) is 0 Å². The molecule has 2 saturated heterocycles. The van der Waals surface area contributed by atoms with Crippen LogP contribution in [0, 0.1) is 0 Å². The molecule has 4 unspecified atom stereocenters. The summed E-state index contributed by atoms with van der Waals surface area (Å²) in [5.74, 6) is -1.51. The zero-order valence-corrected chi connectivity index (χ0v) is 12.1. The highest BCUT2D eigenvalue weighted by atomic mass is 16.8. The minimum absolute atomic E-state index is 0.0753. The number of aliphatic hydroxyl groups is 1. The molecule has 114 valence electrons. The Kier molecular flexibility index (Phi) is 4.24. The van der Waals surface area contributed by atoms with Gasteiger partial charge in [-0.05, 0) is 33.2 Å². The van der Waals surface area contributed by atoms with Gasteiger partial charge in [0.1, 0.15) is 18.3 Å². The molecule has 0 bridgehead atoms. The third-order valence-corrected chi connectivity index (χ3v) is 3.27. The summed E-state index contributed by atoms with van der Waals surface area (Å²) in [5, 5.41) is 13.5. The van der Waals surface area contributed by atoms with Gasteiger partial charge in [-0.1, -0.05) is 5.11 Å². The van der Waals surface area contributed by atoms with Crippen molar-refractivity contribution in [2.45, 2.75) is 63.7 Å². The normalized spacial score (nSPS) is 36.5. The summed E-state index contributed by atoms with van der Waals surface area (Å²) in [6, 6.07) is 0. The zero-order valence-electron chi connectivity index (χ0n) is 12.1. The molecule has 8 heteroatoms. The van der Waals surface area contributed by atoms with E-state index in [0.717, 1.165) is 0 Å². The van der Waals surface area contributed by atoms with Gasteiger partial charge in [-0.3, -0.25) is 0 Å². The second-order valence-electron chi connectivity index (χ2n) is 5.91. The van der Waals surface area contributed by atoms with Crippen LogP contribution < -0.4 is 0 Å². The van der Waals surface area contributed by atoms with Crippen molar-refractivity contribution in [3.05, 3.63) is 10.4 Å². The number of ether oxygens (including phenoxy) is 4. The van der Waals surface area contributed by atoms with Gasteiger partial charge < -0.3 is 24.1 Å². The van der Waals surface area contributed by atoms with E-state index in [9.17, 15) is 5.11 Å². The van der Waals surface area contributed by atoms with E-state index in [0.29, 0.717) is 6.61 Å². The van der Waals surface area contributed by atoms with Gasteiger partial charge >= 0.3 is 0 Å². The highest BCUT2D eigenvalue weighted by Gasteiger charge is 2.51. The maximum absolute atomic E-state index is 10.1.